The van der Waals surface area contributed by atoms with Crippen molar-refractivity contribution in [3.8, 4) is 5.75 Å². The van der Waals surface area contributed by atoms with Crippen molar-refractivity contribution >= 4 is 25.4 Å². The number of hydrogen-bond donors (Lipinski definition) is 2. The number of nitrogens with zero attached hydrogens (tertiary/aromatic N) is 1. The fraction of sp³-hybridized carbons (Fsp3) is 0.522. The van der Waals surface area contributed by atoms with Crippen LogP contribution in [0.15, 0.2) is 42.6 Å². The number of halogens is 2. The van der Waals surface area contributed by atoms with Gasteiger partial charge in [-0.25, -0.2) is 13.3 Å². The van der Waals surface area contributed by atoms with Crippen molar-refractivity contribution < 1.29 is 51.4 Å². The quantitative estimate of drug-likeness (QED) is 0.256. The molecule has 37 heavy (non-hydrogen) atoms. The summed E-state index contributed by atoms with van der Waals surface area (Å²) in [7, 11) is -4.57. The molecule has 14 heteroatoms. The van der Waals surface area contributed by atoms with Crippen molar-refractivity contribution in [3.05, 3.63) is 42.6 Å². The van der Waals surface area contributed by atoms with Gasteiger partial charge in [-0.2, -0.15) is 5.09 Å². The molecule has 3 rings (SSSR count). The van der Waals surface area contributed by atoms with Crippen LogP contribution >= 0.6 is 7.75 Å². The number of nitrogens with one attached hydrogen (secondary N) is 1. The molecule has 2 aliphatic heterocycles. The van der Waals surface area contributed by atoms with Crippen LogP contribution in [0, 0.1) is 0 Å². The molecule has 1 saturated heterocycles. The molecule has 2 N–H and O–H groups in total. The Bertz CT molecular complexity index is 1100. The number of ketones is 1. The number of para-hydroxylation sites is 1. The van der Waals surface area contributed by atoms with Crippen LogP contribution in [0.2, 0.25) is 0 Å². The van der Waals surface area contributed by atoms with Gasteiger partial charge in [-0.15, -0.1) is 0 Å². The lowest BCUT2D eigenvalue weighted by Gasteiger charge is -2.32. The molecule has 1 amide bonds. The number of amides is 1. The average molecular weight is 546 g/mol. The monoisotopic (exact) mass is 546 g/mol. The number of esters is 1. The highest BCUT2D eigenvalue weighted by atomic mass is 31.2. The molecule has 11 nitrogen and oxygen atoms in total. The Labute approximate surface area is 212 Å². The first-order valence-corrected chi connectivity index (χ1v) is 12.9. The van der Waals surface area contributed by atoms with Gasteiger partial charge in [0.15, 0.2) is 23.8 Å². The predicted molar refractivity (Wildman–Crippen MR) is 124 cm³/mol. The smallest absolute Gasteiger partial charge is 0.459 e. The minimum atomic E-state index is -4.57. The summed E-state index contributed by atoms with van der Waals surface area (Å²) in [4.78, 5) is 36.6. The number of ether oxygens (including phenoxy) is 2. The molecule has 0 bridgehead atoms. The number of allylic oxidation sites excluding steroid dienone is 1. The number of aliphatic hydroxyl groups excluding tert-OH is 1. The zero-order chi connectivity index (χ0) is 27.6. The van der Waals surface area contributed by atoms with E-state index in [4.69, 9.17) is 18.5 Å². The van der Waals surface area contributed by atoms with Crippen LogP contribution in [-0.2, 0) is 32.9 Å². The summed E-state index contributed by atoms with van der Waals surface area (Å²) in [6, 6.07) is 6.37. The molecular weight excluding hydrogens is 517 g/mol. The summed E-state index contributed by atoms with van der Waals surface area (Å²) < 4.78 is 65.6. The molecule has 0 radical (unpaired) electrons. The average Bonchev–Trinajstić information content (AvgIpc) is 2.98. The SMILES string of the molecule is CC(C)OC(=O)[C@H](C)N[P@](=O)(OC[C@@]1(F)OC(N2C=CC(=O)CC2=O)[C@](C)(F)[C@@H]1O)Oc1ccccc1. The maximum Gasteiger partial charge on any atom is 0.459 e. The Morgan fingerprint density at radius 1 is 1.27 bits per heavy atom. The third-order valence-corrected chi connectivity index (χ3v) is 7.10. The van der Waals surface area contributed by atoms with E-state index < -0.39 is 74.4 Å². The number of alkyl halides is 2. The van der Waals surface area contributed by atoms with Gasteiger partial charge in [0.25, 0.3) is 5.85 Å². The zero-order valence-electron chi connectivity index (χ0n) is 20.6. The largest absolute Gasteiger partial charge is 0.462 e. The second kappa shape index (κ2) is 11.0. The van der Waals surface area contributed by atoms with E-state index in [0.717, 1.165) is 19.2 Å². The molecule has 1 aromatic carbocycles. The van der Waals surface area contributed by atoms with E-state index in [2.05, 4.69) is 5.09 Å². The lowest BCUT2D eigenvalue weighted by Crippen LogP contribution is -2.52. The lowest BCUT2D eigenvalue weighted by atomic mass is 9.96. The number of hydrogen-bond acceptors (Lipinski definition) is 9. The normalized spacial score (nSPS) is 30.3. The van der Waals surface area contributed by atoms with Gasteiger partial charge in [-0.05, 0) is 45.9 Å². The lowest BCUT2D eigenvalue weighted by molar-refractivity contribution is -0.209. The Morgan fingerprint density at radius 3 is 2.51 bits per heavy atom. The number of aliphatic hydroxyl groups is 1. The van der Waals surface area contributed by atoms with E-state index in [1.54, 1.807) is 32.0 Å². The van der Waals surface area contributed by atoms with Gasteiger partial charge in [0.1, 0.15) is 18.4 Å². The van der Waals surface area contributed by atoms with Crippen molar-refractivity contribution in [1.29, 1.82) is 0 Å². The van der Waals surface area contributed by atoms with Gasteiger partial charge in [0, 0.05) is 6.20 Å². The Hall–Kier alpha value is -2.70. The zero-order valence-corrected chi connectivity index (χ0v) is 21.5. The van der Waals surface area contributed by atoms with E-state index in [1.807, 2.05) is 0 Å². The number of carbonyl (C=O) groups is 3. The minimum absolute atomic E-state index is 0.0329. The molecule has 0 aromatic heterocycles. The van der Waals surface area contributed by atoms with Crippen LogP contribution < -0.4 is 9.61 Å². The van der Waals surface area contributed by atoms with Crippen LogP contribution in [0.25, 0.3) is 0 Å². The van der Waals surface area contributed by atoms with Crippen molar-refractivity contribution in [3.63, 3.8) is 0 Å². The second-order valence-corrected chi connectivity index (χ2v) is 10.8. The van der Waals surface area contributed by atoms with Gasteiger partial charge in [0.05, 0.1) is 12.5 Å². The highest BCUT2D eigenvalue weighted by Gasteiger charge is 2.66. The number of benzene rings is 1. The molecule has 0 aliphatic carbocycles. The molecule has 0 spiro atoms. The minimum Gasteiger partial charge on any atom is -0.462 e. The van der Waals surface area contributed by atoms with E-state index in [1.165, 1.54) is 19.1 Å². The summed E-state index contributed by atoms with van der Waals surface area (Å²) in [5, 5.41) is 12.8. The van der Waals surface area contributed by atoms with Crippen LogP contribution in [0.3, 0.4) is 0 Å². The fourth-order valence-electron chi connectivity index (χ4n) is 3.63. The van der Waals surface area contributed by atoms with Crippen molar-refractivity contribution in [1.82, 2.24) is 9.99 Å². The Balaban J connectivity index is 1.82. The van der Waals surface area contributed by atoms with E-state index in [0.29, 0.717) is 4.90 Å². The number of rotatable bonds is 10. The molecule has 1 unspecified atom stereocenters. The summed E-state index contributed by atoms with van der Waals surface area (Å²) in [5.74, 6) is -5.47. The Morgan fingerprint density at radius 2 is 1.92 bits per heavy atom. The molecule has 1 fully saturated rings. The number of carbonyl (C=O) groups excluding carboxylic acids is 3. The standard InChI is InChI=1S/C23H29F2N2O9P/c1-14(2)34-19(30)15(3)26-37(32,36-17-8-6-5-7-9-17)33-13-23(25)20(31)22(4,24)21(35-23)27-11-10-16(28)12-18(27)29/h5-11,14-15,20-21,31H,12-13H2,1-4H3,(H,26,32)/t15-,20-,21?,22+,23+,37-/m0/s1. The van der Waals surface area contributed by atoms with Gasteiger partial charge in [0.2, 0.25) is 5.91 Å². The van der Waals surface area contributed by atoms with Crippen LogP contribution in [-0.4, -0.2) is 70.3 Å². The van der Waals surface area contributed by atoms with Crippen LogP contribution in [0.1, 0.15) is 34.1 Å². The topological polar surface area (TPSA) is 141 Å². The van der Waals surface area contributed by atoms with Gasteiger partial charge in [-0.3, -0.25) is 23.8 Å². The van der Waals surface area contributed by atoms with Crippen molar-refractivity contribution in [2.24, 2.45) is 0 Å². The fourth-order valence-corrected chi connectivity index (χ4v) is 5.13. The first kappa shape index (κ1) is 28.9. The van der Waals surface area contributed by atoms with Crippen molar-refractivity contribution in [2.45, 2.75) is 70.1 Å². The molecule has 204 valence electrons. The molecule has 0 saturated carbocycles. The van der Waals surface area contributed by atoms with E-state index >= 15 is 8.78 Å². The third-order valence-electron chi connectivity index (χ3n) is 5.48. The maximum absolute atomic E-state index is 15.8. The molecule has 6 atom stereocenters. The first-order chi connectivity index (χ1) is 17.2. The Kier molecular flexibility index (Phi) is 8.55. The van der Waals surface area contributed by atoms with Crippen LogP contribution in [0.4, 0.5) is 8.78 Å². The highest BCUT2D eigenvalue weighted by molar-refractivity contribution is 7.52. The molecule has 2 aliphatic rings. The van der Waals surface area contributed by atoms with E-state index in [-0.39, 0.29) is 5.75 Å². The summed E-state index contributed by atoms with van der Waals surface area (Å²) in [5.41, 5.74) is -2.86. The predicted octanol–water partition coefficient (Wildman–Crippen LogP) is 2.55. The van der Waals surface area contributed by atoms with Gasteiger partial charge < -0.3 is 19.1 Å². The molecule has 2 heterocycles. The summed E-state index contributed by atoms with van der Waals surface area (Å²) in [6.07, 6.45) is -3.61. The maximum atomic E-state index is 15.8. The van der Waals surface area contributed by atoms with Crippen LogP contribution in [0.5, 0.6) is 5.75 Å². The highest BCUT2D eigenvalue weighted by Crippen LogP contribution is 2.50. The van der Waals surface area contributed by atoms with Gasteiger partial charge >= 0.3 is 13.7 Å². The summed E-state index contributed by atoms with van der Waals surface area (Å²) >= 11 is 0. The van der Waals surface area contributed by atoms with Gasteiger partial charge in [-0.1, -0.05) is 18.2 Å². The molecular formula is C23H29F2N2O9P. The third kappa shape index (κ3) is 6.60. The van der Waals surface area contributed by atoms with Crippen molar-refractivity contribution in [2.75, 3.05) is 6.61 Å². The summed E-state index contributed by atoms with van der Waals surface area (Å²) in [6.45, 7) is 4.01. The second-order valence-electron chi connectivity index (χ2n) is 9.08. The first-order valence-electron chi connectivity index (χ1n) is 11.4. The van der Waals surface area contributed by atoms with E-state index in [9.17, 15) is 24.1 Å². The molecule has 1 aromatic rings.